The van der Waals surface area contributed by atoms with Crippen molar-refractivity contribution in [3.8, 4) is 0 Å². The van der Waals surface area contributed by atoms with Gasteiger partial charge in [0.15, 0.2) is 0 Å². The fourth-order valence-corrected chi connectivity index (χ4v) is 4.96. The highest BCUT2D eigenvalue weighted by atomic mass is 16.2. The maximum atomic E-state index is 13.7. The van der Waals surface area contributed by atoms with Gasteiger partial charge in [0.05, 0.1) is 12.0 Å². The van der Waals surface area contributed by atoms with Gasteiger partial charge in [0, 0.05) is 25.6 Å². The van der Waals surface area contributed by atoms with Crippen molar-refractivity contribution >= 4 is 11.8 Å². The normalized spacial score (nSPS) is 23.3. The van der Waals surface area contributed by atoms with Crippen LogP contribution in [0, 0.1) is 12.8 Å². The van der Waals surface area contributed by atoms with E-state index in [1.807, 2.05) is 4.90 Å². The Kier molecular flexibility index (Phi) is 4.65. The number of hydrogen-bond donors (Lipinski definition) is 0. The average Bonchev–Trinajstić information content (AvgIpc) is 3.37. The highest BCUT2D eigenvalue weighted by molar-refractivity contribution is 5.90. The molecule has 2 fully saturated rings. The third kappa shape index (κ3) is 3.57. The summed E-state index contributed by atoms with van der Waals surface area (Å²) in [6.07, 6.45) is 4.53. The summed E-state index contributed by atoms with van der Waals surface area (Å²) in [5, 5.41) is 0. The Labute approximate surface area is 172 Å². The van der Waals surface area contributed by atoms with E-state index in [4.69, 9.17) is 0 Å². The largest absolute Gasteiger partial charge is 0.339 e. The monoisotopic (exact) mass is 388 g/mol. The van der Waals surface area contributed by atoms with Crippen LogP contribution in [-0.4, -0.2) is 34.2 Å². The lowest BCUT2D eigenvalue weighted by molar-refractivity contribution is -0.139. The number of nitrogens with zero attached hydrogens (tertiary/aromatic N) is 2. The van der Waals surface area contributed by atoms with Gasteiger partial charge in [-0.3, -0.25) is 9.59 Å². The first-order valence-corrected chi connectivity index (χ1v) is 10.8. The van der Waals surface area contributed by atoms with Crippen molar-refractivity contribution in [3.05, 3.63) is 70.8 Å². The summed E-state index contributed by atoms with van der Waals surface area (Å²) in [6.45, 7) is 3.28. The van der Waals surface area contributed by atoms with Gasteiger partial charge in [-0.15, -0.1) is 0 Å². The van der Waals surface area contributed by atoms with Crippen molar-refractivity contribution in [2.75, 3.05) is 6.54 Å². The van der Waals surface area contributed by atoms with Crippen LogP contribution >= 0.6 is 0 Å². The van der Waals surface area contributed by atoms with Crippen molar-refractivity contribution < 1.29 is 9.59 Å². The van der Waals surface area contributed by atoms with Gasteiger partial charge in [-0.25, -0.2) is 0 Å². The lowest BCUT2D eigenvalue weighted by Gasteiger charge is -2.32. The molecule has 4 heteroatoms. The first-order chi connectivity index (χ1) is 14.1. The minimum absolute atomic E-state index is 0.102. The van der Waals surface area contributed by atoms with Gasteiger partial charge >= 0.3 is 0 Å². The number of benzene rings is 2. The molecule has 0 spiro atoms. The third-order valence-corrected chi connectivity index (χ3v) is 6.73. The van der Waals surface area contributed by atoms with Crippen LogP contribution < -0.4 is 0 Å². The topological polar surface area (TPSA) is 40.6 Å². The molecule has 2 aliphatic carbocycles. The molecule has 150 valence electrons. The molecule has 4 nitrogen and oxygen atoms in total. The Balaban J connectivity index is 1.43. The smallest absolute Gasteiger partial charge is 0.228 e. The molecule has 0 bridgehead atoms. The molecule has 0 N–H and O–H groups in total. The van der Waals surface area contributed by atoms with Crippen molar-refractivity contribution in [3.63, 3.8) is 0 Å². The van der Waals surface area contributed by atoms with E-state index in [2.05, 4.69) is 60.4 Å². The van der Waals surface area contributed by atoms with Crippen LogP contribution in [0.4, 0.5) is 0 Å². The SMILES string of the molecule is Cc1ccc(CN(C(=O)C2CC(=O)N(C3CC3)C2)C2CCc3ccccc32)cc1. The summed E-state index contributed by atoms with van der Waals surface area (Å²) in [5.74, 6) is 0.0954. The second kappa shape index (κ2) is 7.33. The molecule has 1 aliphatic heterocycles. The first kappa shape index (κ1) is 18.4. The van der Waals surface area contributed by atoms with E-state index >= 15 is 0 Å². The Morgan fingerprint density at radius 1 is 1.07 bits per heavy atom. The van der Waals surface area contributed by atoms with Crippen LogP contribution in [0.3, 0.4) is 0 Å². The maximum absolute atomic E-state index is 13.7. The molecule has 1 heterocycles. The number of aryl methyl sites for hydroxylation is 2. The number of fused-ring (bicyclic) bond motifs is 1. The van der Waals surface area contributed by atoms with E-state index in [9.17, 15) is 9.59 Å². The van der Waals surface area contributed by atoms with Gasteiger partial charge in [-0.1, -0.05) is 54.1 Å². The lowest BCUT2D eigenvalue weighted by atomic mass is 10.0. The predicted octanol–water partition coefficient (Wildman–Crippen LogP) is 4.02. The summed E-state index contributed by atoms with van der Waals surface area (Å²) in [6, 6.07) is 17.4. The molecule has 1 saturated heterocycles. The predicted molar refractivity (Wildman–Crippen MR) is 112 cm³/mol. The zero-order valence-corrected chi connectivity index (χ0v) is 17.0. The van der Waals surface area contributed by atoms with Crippen molar-refractivity contribution in [1.29, 1.82) is 0 Å². The summed E-state index contributed by atoms with van der Waals surface area (Å²) in [5.41, 5.74) is 4.99. The molecular weight excluding hydrogens is 360 g/mol. The highest BCUT2D eigenvalue weighted by Crippen LogP contribution is 2.39. The number of carbonyl (C=O) groups is 2. The van der Waals surface area contributed by atoms with Crippen LogP contribution in [0.25, 0.3) is 0 Å². The van der Waals surface area contributed by atoms with E-state index in [1.165, 1.54) is 16.7 Å². The zero-order chi connectivity index (χ0) is 20.0. The second-order valence-corrected chi connectivity index (χ2v) is 8.88. The summed E-state index contributed by atoms with van der Waals surface area (Å²) < 4.78 is 0. The van der Waals surface area contributed by atoms with Crippen molar-refractivity contribution in [1.82, 2.24) is 9.80 Å². The number of rotatable bonds is 5. The molecule has 2 aromatic rings. The molecule has 1 saturated carbocycles. The average molecular weight is 389 g/mol. The van der Waals surface area contributed by atoms with Gasteiger partial charge in [0.2, 0.25) is 11.8 Å². The summed E-state index contributed by atoms with van der Waals surface area (Å²) in [7, 11) is 0. The first-order valence-electron chi connectivity index (χ1n) is 10.8. The Bertz CT molecular complexity index is 932. The molecule has 2 aromatic carbocycles. The van der Waals surface area contributed by atoms with E-state index in [1.54, 1.807) is 0 Å². The molecule has 2 unspecified atom stereocenters. The number of likely N-dealkylation sites (tertiary alicyclic amines) is 1. The summed E-state index contributed by atoms with van der Waals surface area (Å²) >= 11 is 0. The minimum Gasteiger partial charge on any atom is -0.339 e. The second-order valence-electron chi connectivity index (χ2n) is 8.88. The molecule has 3 aliphatic rings. The fourth-order valence-electron chi connectivity index (χ4n) is 4.96. The fraction of sp³-hybridized carbons (Fsp3) is 0.440. The molecule has 2 amide bonds. The van der Waals surface area contributed by atoms with Gasteiger partial charge in [-0.05, 0) is 49.3 Å². The van der Waals surface area contributed by atoms with Gasteiger partial charge in [0.25, 0.3) is 0 Å². The van der Waals surface area contributed by atoms with E-state index < -0.39 is 0 Å². The van der Waals surface area contributed by atoms with Crippen LogP contribution in [0.15, 0.2) is 48.5 Å². The van der Waals surface area contributed by atoms with Gasteiger partial charge in [0.1, 0.15) is 0 Å². The molecule has 0 radical (unpaired) electrons. The van der Waals surface area contributed by atoms with Crippen molar-refractivity contribution in [2.24, 2.45) is 5.92 Å². The van der Waals surface area contributed by atoms with E-state index in [-0.39, 0.29) is 23.8 Å². The number of carbonyl (C=O) groups excluding carboxylic acids is 2. The van der Waals surface area contributed by atoms with Crippen molar-refractivity contribution in [2.45, 2.75) is 57.7 Å². The quantitative estimate of drug-likeness (QED) is 0.776. The Hall–Kier alpha value is -2.62. The molecule has 2 atom stereocenters. The molecule has 29 heavy (non-hydrogen) atoms. The Morgan fingerprint density at radius 2 is 1.83 bits per heavy atom. The standard InChI is InChI=1S/C25H28N2O2/c1-17-6-8-18(9-7-17)15-27(23-13-10-19-4-2-3-5-22(19)23)25(29)20-14-24(28)26(16-20)21-11-12-21/h2-9,20-21,23H,10-16H2,1H3. The molecular formula is C25H28N2O2. The van der Waals surface area contributed by atoms with Crippen LogP contribution in [0.5, 0.6) is 0 Å². The molecule has 5 rings (SSSR count). The number of amides is 2. The van der Waals surface area contributed by atoms with Crippen LogP contribution in [-0.2, 0) is 22.6 Å². The van der Waals surface area contributed by atoms with E-state index in [0.29, 0.717) is 25.6 Å². The van der Waals surface area contributed by atoms with Gasteiger partial charge in [-0.2, -0.15) is 0 Å². The summed E-state index contributed by atoms with van der Waals surface area (Å²) in [4.78, 5) is 30.2. The third-order valence-electron chi connectivity index (χ3n) is 6.73. The molecule has 0 aromatic heterocycles. The zero-order valence-electron chi connectivity index (χ0n) is 17.0. The maximum Gasteiger partial charge on any atom is 0.228 e. The van der Waals surface area contributed by atoms with Gasteiger partial charge < -0.3 is 9.80 Å². The highest BCUT2D eigenvalue weighted by Gasteiger charge is 2.44. The lowest BCUT2D eigenvalue weighted by Crippen LogP contribution is -2.39. The Morgan fingerprint density at radius 3 is 2.59 bits per heavy atom. The van der Waals surface area contributed by atoms with E-state index in [0.717, 1.165) is 31.2 Å². The van der Waals surface area contributed by atoms with Crippen LogP contribution in [0.1, 0.15) is 54.0 Å². The minimum atomic E-state index is -0.207. The van der Waals surface area contributed by atoms with Crippen LogP contribution in [0.2, 0.25) is 0 Å². The number of hydrogen-bond acceptors (Lipinski definition) is 2.